The molecule has 1 amide bonds. The van der Waals surface area contributed by atoms with Crippen LogP contribution in [0.4, 0.5) is 17.1 Å². The molecule has 0 saturated carbocycles. The lowest BCUT2D eigenvalue weighted by atomic mass is 10.3. The highest BCUT2D eigenvalue weighted by molar-refractivity contribution is 7.92. The van der Waals surface area contributed by atoms with Crippen molar-refractivity contribution in [2.45, 2.75) is 11.8 Å². The second-order valence-corrected chi connectivity index (χ2v) is 8.45. The summed E-state index contributed by atoms with van der Waals surface area (Å²) >= 11 is 0. The molecule has 3 rings (SSSR count). The summed E-state index contributed by atoms with van der Waals surface area (Å²) in [5, 5.41) is 13.6. The SMILES string of the molecule is CCN(c1ccccc1)S(=O)(=O)c1ccc(NC(=O)COc2ccccc2[N+](=O)[O-])cc1. The highest BCUT2D eigenvalue weighted by Gasteiger charge is 2.23. The Morgan fingerprint density at radius 1 is 1.00 bits per heavy atom. The van der Waals surface area contributed by atoms with Crippen molar-refractivity contribution >= 4 is 33.0 Å². The second kappa shape index (κ2) is 9.92. The van der Waals surface area contributed by atoms with Crippen molar-refractivity contribution in [2.24, 2.45) is 0 Å². The Bertz CT molecular complexity index is 1200. The second-order valence-electron chi connectivity index (χ2n) is 6.59. The van der Waals surface area contributed by atoms with E-state index in [-0.39, 0.29) is 22.9 Å². The number of nitro groups is 1. The molecule has 0 aliphatic carbocycles. The van der Waals surface area contributed by atoms with E-state index >= 15 is 0 Å². The molecule has 166 valence electrons. The Morgan fingerprint density at radius 2 is 1.62 bits per heavy atom. The van der Waals surface area contributed by atoms with Crippen LogP contribution >= 0.6 is 0 Å². The van der Waals surface area contributed by atoms with Gasteiger partial charge in [0, 0.05) is 18.3 Å². The summed E-state index contributed by atoms with van der Waals surface area (Å²) in [6.45, 7) is 1.56. The molecule has 0 aliphatic rings. The first-order chi connectivity index (χ1) is 15.3. The van der Waals surface area contributed by atoms with Gasteiger partial charge in [0.1, 0.15) is 0 Å². The highest BCUT2D eigenvalue weighted by Crippen LogP contribution is 2.26. The minimum Gasteiger partial charge on any atom is -0.477 e. The average Bonchev–Trinajstić information content (AvgIpc) is 2.79. The van der Waals surface area contributed by atoms with Crippen LogP contribution in [0, 0.1) is 10.1 Å². The average molecular weight is 455 g/mol. The molecule has 0 aliphatic heterocycles. The number of hydrogen-bond donors (Lipinski definition) is 1. The van der Waals surface area contributed by atoms with Crippen molar-refractivity contribution in [3.8, 4) is 5.75 Å². The van der Waals surface area contributed by atoms with Gasteiger partial charge in [-0.3, -0.25) is 19.2 Å². The van der Waals surface area contributed by atoms with Crippen LogP contribution < -0.4 is 14.4 Å². The first-order valence-corrected chi connectivity index (χ1v) is 11.1. The quantitative estimate of drug-likeness (QED) is 0.387. The number of nitro benzene ring substituents is 1. The van der Waals surface area contributed by atoms with E-state index in [0.717, 1.165) is 0 Å². The number of nitrogens with one attached hydrogen (secondary N) is 1. The summed E-state index contributed by atoms with van der Waals surface area (Å²) in [6.07, 6.45) is 0. The number of para-hydroxylation sites is 3. The number of sulfonamides is 1. The zero-order chi connectivity index (χ0) is 23.1. The van der Waals surface area contributed by atoms with Gasteiger partial charge in [0.05, 0.1) is 15.5 Å². The molecule has 0 aromatic heterocycles. The Balaban J connectivity index is 1.67. The van der Waals surface area contributed by atoms with E-state index in [1.54, 1.807) is 43.3 Å². The van der Waals surface area contributed by atoms with Crippen LogP contribution in [-0.2, 0) is 14.8 Å². The van der Waals surface area contributed by atoms with Crippen molar-refractivity contribution in [1.82, 2.24) is 0 Å². The van der Waals surface area contributed by atoms with Crippen LogP contribution in [0.15, 0.2) is 83.8 Å². The monoisotopic (exact) mass is 455 g/mol. The molecule has 0 heterocycles. The normalized spacial score (nSPS) is 10.9. The number of hydrogen-bond acceptors (Lipinski definition) is 6. The van der Waals surface area contributed by atoms with E-state index in [9.17, 15) is 23.3 Å². The van der Waals surface area contributed by atoms with Crippen LogP contribution in [0.3, 0.4) is 0 Å². The van der Waals surface area contributed by atoms with Gasteiger partial charge in [0.15, 0.2) is 12.4 Å². The molecule has 9 nitrogen and oxygen atoms in total. The van der Waals surface area contributed by atoms with Crippen molar-refractivity contribution in [3.63, 3.8) is 0 Å². The third-order valence-electron chi connectivity index (χ3n) is 4.48. The fourth-order valence-corrected chi connectivity index (χ4v) is 4.47. The van der Waals surface area contributed by atoms with Crippen LogP contribution in [0.1, 0.15) is 6.92 Å². The van der Waals surface area contributed by atoms with Crippen molar-refractivity contribution in [3.05, 3.63) is 89.0 Å². The first-order valence-electron chi connectivity index (χ1n) is 9.67. The molecule has 0 bridgehead atoms. The molecule has 0 saturated heterocycles. The number of benzene rings is 3. The molecule has 0 atom stereocenters. The molecule has 3 aromatic carbocycles. The summed E-state index contributed by atoms with van der Waals surface area (Å²) in [5.41, 5.74) is 0.677. The molecule has 0 fully saturated rings. The summed E-state index contributed by atoms with van der Waals surface area (Å²) in [6, 6.07) is 20.2. The summed E-state index contributed by atoms with van der Waals surface area (Å²) < 4.78 is 32.6. The zero-order valence-corrected chi connectivity index (χ0v) is 18.0. The highest BCUT2D eigenvalue weighted by atomic mass is 32.2. The van der Waals surface area contributed by atoms with Gasteiger partial charge < -0.3 is 10.1 Å². The van der Waals surface area contributed by atoms with Gasteiger partial charge in [0.25, 0.3) is 15.9 Å². The van der Waals surface area contributed by atoms with Crippen LogP contribution in [0.2, 0.25) is 0 Å². The van der Waals surface area contributed by atoms with Gasteiger partial charge in [-0.2, -0.15) is 0 Å². The van der Waals surface area contributed by atoms with E-state index < -0.39 is 27.5 Å². The smallest absolute Gasteiger partial charge is 0.310 e. The van der Waals surface area contributed by atoms with Gasteiger partial charge in [0.2, 0.25) is 0 Å². The molecule has 0 radical (unpaired) electrons. The number of anilines is 2. The molecule has 0 unspecified atom stereocenters. The largest absolute Gasteiger partial charge is 0.477 e. The van der Waals surface area contributed by atoms with Crippen LogP contribution in [0.25, 0.3) is 0 Å². The zero-order valence-electron chi connectivity index (χ0n) is 17.2. The number of amides is 1. The van der Waals surface area contributed by atoms with Crippen molar-refractivity contribution in [2.75, 3.05) is 22.8 Å². The number of ether oxygens (including phenoxy) is 1. The fraction of sp³-hybridized carbons (Fsp3) is 0.136. The van der Waals surface area contributed by atoms with Crippen LogP contribution in [-0.4, -0.2) is 32.4 Å². The van der Waals surface area contributed by atoms with Gasteiger partial charge in [-0.05, 0) is 49.4 Å². The number of carbonyl (C=O) groups is 1. The fourth-order valence-electron chi connectivity index (χ4n) is 2.99. The first kappa shape index (κ1) is 22.8. The Labute approximate surface area is 185 Å². The molecular formula is C22H21N3O6S. The topological polar surface area (TPSA) is 119 Å². The standard InChI is InChI=1S/C22H21N3O6S/c1-2-24(18-8-4-3-5-9-18)32(29,30)19-14-12-17(13-15-19)23-22(26)16-31-21-11-7-6-10-20(21)25(27)28/h3-15H,2,16H2,1H3,(H,23,26). The maximum atomic E-state index is 13.0. The molecular weight excluding hydrogens is 434 g/mol. The summed E-state index contributed by atoms with van der Waals surface area (Å²) in [4.78, 5) is 22.6. The van der Waals surface area contributed by atoms with Gasteiger partial charge in [-0.25, -0.2) is 8.42 Å². The van der Waals surface area contributed by atoms with Crippen LogP contribution in [0.5, 0.6) is 5.75 Å². The van der Waals surface area contributed by atoms with E-state index in [2.05, 4.69) is 5.32 Å². The lowest BCUT2D eigenvalue weighted by Crippen LogP contribution is -2.30. The Morgan fingerprint density at radius 3 is 2.25 bits per heavy atom. The summed E-state index contributed by atoms with van der Waals surface area (Å²) in [5.74, 6) is -0.562. The lowest BCUT2D eigenvalue weighted by Gasteiger charge is -2.23. The van der Waals surface area contributed by atoms with E-state index in [4.69, 9.17) is 4.74 Å². The third-order valence-corrected chi connectivity index (χ3v) is 6.40. The maximum Gasteiger partial charge on any atom is 0.310 e. The molecule has 32 heavy (non-hydrogen) atoms. The third kappa shape index (κ3) is 5.22. The van der Waals surface area contributed by atoms with Gasteiger partial charge in [-0.1, -0.05) is 30.3 Å². The predicted molar refractivity (Wildman–Crippen MR) is 120 cm³/mol. The minimum absolute atomic E-state index is 0.0188. The van der Waals surface area contributed by atoms with Gasteiger partial charge >= 0.3 is 5.69 Å². The number of carbonyl (C=O) groups excluding carboxylic acids is 1. The lowest BCUT2D eigenvalue weighted by molar-refractivity contribution is -0.385. The molecule has 10 heteroatoms. The Kier molecular flexibility index (Phi) is 7.06. The minimum atomic E-state index is -3.78. The molecule has 0 spiro atoms. The van der Waals surface area contributed by atoms with Crippen molar-refractivity contribution < 1.29 is 22.9 Å². The van der Waals surface area contributed by atoms with Gasteiger partial charge in [-0.15, -0.1) is 0 Å². The van der Waals surface area contributed by atoms with E-state index in [1.807, 2.05) is 0 Å². The van der Waals surface area contributed by atoms with E-state index in [1.165, 1.54) is 46.8 Å². The Hall–Kier alpha value is -3.92. The molecule has 3 aromatic rings. The number of rotatable bonds is 9. The van der Waals surface area contributed by atoms with E-state index in [0.29, 0.717) is 11.4 Å². The number of nitrogens with zero attached hydrogens (tertiary/aromatic N) is 2. The van der Waals surface area contributed by atoms with Crippen molar-refractivity contribution in [1.29, 1.82) is 0 Å². The summed E-state index contributed by atoms with van der Waals surface area (Å²) in [7, 11) is -3.78. The predicted octanol–water partition coefficient (Wildman–Crippen LogP) is 3.83. The molecule has 1 N–H and O–H groups in total. The maximum absolute atomic E-state index is 13.0.